The molecule has 0 unspecified atom stereocenters. The zero-order valence-electron chi connectivity index (χ0n) is 17.4. The van der Waals surface area contributed by atoms with Crippen molar-refractivity contribution in [3.63, 3.8) is 0 Å². The highest BCUT2D eigenvalue weighted by Gasteiger charge is 2.36. The van der Waals surface area contributed by atoms with Crippen LogP contribution in [0.1, 0.15) is 49.4 Å². The van der Waals surface area contributed by atoms with Gasteiger partial charge < -0.3 is 10.1 Å². The first-order chi connectivity index (χ1) is 14.4. The first-order valence-electron chi connectivity index (χ1n) is 10.6. The molecule has 2 atom stereocenters. The Morgan fingerprint density at radius 1 is 1.17 bits per heavy atom. The number of hydrogen-bond acceptors (Lipinski definition) is 4. The van der Waals surface area contributed by atoms with Crippen molar-refractivity contribution in [3.05, 3.63) is 59.2 Å². The van der Waals surface area contributed by atoms with Crippen LogP contribution in [0.5, 0.6) is 5.75 Å². The number of sulfonamides is 1. The zero-order valence-corrected chi connectivity index (χ0v) is 18.2. The fourth-order valence-electron chi connectivity index (χ4n) is 4.17. The van der Waals surface area contributed by atoms with Crippen molar-refractivity contribution >= 4 is 21.6 Å². The lowest BCUT2D eigenvalue weighted by molar-refractivity contribution is -0.128. The number of amides is 1. The molecule has 1 N–H and O–H groups in total. The molecular formula is C23H28N2O4S. The van der Waals surface area contributed by atoms with Crippen LogP contribution in [0.3, 0.4) is 0 Å². The third-order valence-corrected chi connectivity index (χ3v) is 7.71. The van der Waals surface area contributed by atoms with Crippen molar-refractivity contribution in [1.29, 1.82) is 0 Å². The monoisotopic (exact) mass is 428 g/mol. The minimum atomic E-state index is -3.52. The van der Waals surface area contributed by atoms with E-state index >= 15 is 0 Å². The van der Waals surface area contributed by atoms with Crippen LogP contribution >= 0.6 is 0 Å². The summed E-state index contributed by atoms with van der Waals surface area (Å²) in [5, 5.41) is 3.01. The molecule has 160 valence electrons. The smallest absolute Gasteiger partial charge is 0.263 e. The topological polar surface area (TPSA) is 75.7 Å². The molecule has 2 aliphatic rings. The zero-order chi connectivity index (χ0) is 21.3. The quantitative estimate of drug-likeness (QED) is 0.792. The molecule has 2 aromatic rings. The summed E-state index contributed by atoms with van der Waals surface area (Å²) in [5.41, 5.74) is 4.29. The van der Waals surface area contributed by atoms with Gasteiger partial charge in [0.05, 0.1) is 24.0 Å². The Bertz CT molecular complexity index is 1050. The second-order valence-electron chi connectivity index (χ2n) is 7.97. The molecule has 1 aliphatic heterocycles. The van der Waals surface area contributed by atoms with Crippen LogP contribution in [0.25, 0.3) is 0 Å². The SMILES string of the molecule is CCS(=O)(=O)N1C[C@@H](C(=O)N[C@@H](C)c2ccc3c(c2)CCCC3)Oc2ccccc21. The lowest BCUT2D eigenvalue weighted by Crippen LogP contribution is -2.51. The molecule has 2 aromatic carbocycles. The number of benzene rings is 2. The number of aryl methyl sites for hydroxylation is 2. The highest BCUT2D eigenvalue weighted by molar-refractivity contribution is 7.92. The Labute approximate surface area is 178 Å². The van der Waals surface area contributed by atoms with Gasteiger partial charge in [0, 0.05) is 0 Å². The molecule has 0 saturated heterocycles. The number of anilines is 1. The third-order valence-electron chi connectivity index (χ3n) is 5.96. The van der Waals surface area contributed by atoms with E-state index in [1.54, 1.807) is 31.2 Å². The number of hydrogen-bond donors (Lipinski definition) is 1. The van der Waals surface area contributed by atoms with Gasteiger partial charge in [0.15, 0.2) is 6.10 Å². The van der Waals surface area contributed by atoms with Crippen molar-refractivity contribution in [1.82, 2.24) is 5.32 Å². The predicted octanol–water partition coefficient (Wildman–Crippen LogP) is 3.36. The van der Waals surface area contributed by atoms with Crippen LogP contribution in [-0.2, 0) is 27.7 Å². The van der Waals surface area contributed by atoms with E-state index < -0.39 is 16.1 Å². The molecule has 0 saturated carbocycles. The molecule has 4 rings (SSSR count). The molecular weight excluding hydrogens is 400 g/mol. The number of nitrogens with zero attached hydrogens (tertiary/aromatic N) is 1. The first-order valence-corrected chi connectivity index (χ1v) is 12.2. The molecule has 1 amide bonds. The van der Waals surface area contributed by atoms with Gasteiger partial charge in [0.2, 0.25) is 10.0 Å². The predicted molar refractivity (Wildman–Crippen MR) is 117 cm³/mol. The van der Waals surface area contributed by atoms with Gasteiger partial charge in [-0.15, -0.1) is 0 Å². The van der Waals surface area contributed by atoms with Crippen LogP contribution in [0.2, 0.25) is 0 Å². The van der Waals surface area contributed by atoms with Crippen LogP contribution in [-0.4, -0.2) is 32.7 Å². The molecule has 0 fully saturated rings. The maximum absolute atomic E-state index is 13.0. The molecule has 1 heterocycles. The van der Waals surface area contributed by atoms with E-state index in [9.17, 15) is 13.2 Å². The summed E-state index contributed by atoms with van der Waals surface area (Å²) in [6.07, 6.45) is 3.73. The van der Waals surface area contributed by atoms with E-state index in [0.717, 1.165) is 18.4 Å². The Balaban J connectivity index is 1.52. The van der Waals surface area contributed by atoms with Crippen LogP contribution in [0.4, 0.5) is 5.69 Å². The van der Waals surface area contributed by atoms with Crippen molar-refractivity contribution in [2.24, 2.45) is 0 Å². The summed E-state index contributed by atoms with van der Waals surface area (Å²) >= 11 is 0. The summed E-state index contributed by atoms with van der Waals surface area (Å²) < 4.78 is 32.4. The fourth-order valence-corrected chi connectivity index (χ4v) is 5.30. The van der Waals surface area contributed by atoms with Gasteiger partial charge in [-0.3, -0.25) is 9.10 Å². The third kappa shape index (κ3) is 4.03. The number of para-hydroxylation sites is 2. The first kappa shape index (κ1) is 20.7. The summed E-state index contributed by atoms with van der Waals surface area (Å²) in [7, 11) is -3.52. The van der Waals surface area contributed by atoms with E-state index in [0.29, 0.717) is 11.4 Å². The van der Waals surface area contributed by atoms with Crippen LogP contribution in [0.15, 0.2) is 42.5 Å². The van der Waals surface area contributed by atoms with Gasteiger partial charge in [-0.2, -0.15) is 0 Å². The lowest BCUT2D eigenvalue weighted by Gasteiger charge is -2.35. The largest absolute Gasteiger partial charge is 0.476 e. The summed E-state index contributed by atoms with van der Waals surface area (Å²) in [6, 6.07) is 13.2. The van der Waals surface area contributed by atoms with Crippen molar-refractivity contribution in [2.75, 3.05) is 16.6 Å². The number of rotatable bonds is 5. The maximum atomic E-state index is 13.0. The van der Waals surface area contributed by atoms with Gasteiger partial charge in [0.1, 0.15) is 5.75 Å². The van der Waals surface area contributed by atoms with Gasteiger partial charge in [-0.05, 0) is 68.4 Å². The summed E-state index contributed by atoms with van der Waals surface area (Å²) in [4.78, 5) is 13.0. The maximum Gasteiger partial charge on any atom is 0.263 e. The molecule has 0 bridgehead atoms. The Morgan fingerprint density at radius 2 is 1.90 bits per heavy atom. The molecule has 6 nitrogen and oxygen atoms in total. The Hall–Kier alpha value is -2.54. The molecule has 30 heavy (non-hydrogen) atoms. The molecule has 0 radical (unpaired) electrons. The standard InChI is InChI=1S/C23H28N2O4S/c1-3-30(27,28)25-15-22(29-21-11-7-6-10-20(21)25)23(26)24-16(2)18-13-12-17-8-4-5-9-19(17)14-18/h6-7,10-14,16,22H,3-5,8-9,15H2,1-2H3,(H,24,26)/t16-,22-/m0/s1. The van der Waals surface area contributed by atoms with E-state index in [1.807, 2.05) is 6.92 Å². The number of carbonyl (C=O) groups is 1. The minimum absolute atomic E-state index is 0.0318. The molecule has 0 spiro atoms. The van der Waals surface area contributed by atoms with E-state index in [1.165, 1.54) is 28.3 Å². The van der Waals surface area contributed by atoms with Gasteiger partial charge in [0.25, 0.3) is 5.91 Å². The fraction of sp³-hybridized carbons (Fsp3) is 0.435. The minimum Gasteiger partial charge on any atom is -0.476 e. The average molecular weight is 429 g/mol. The summed E-state index contributed by atoms with van der Waals surface area (Å²) in [5.74, 6) is 0.0506. The molecule has 7 heteroatoms. The number of fused-ring (bicyclic) bond motifs is 2. The van der Waals surface area contributed by atoms with Crippen LogP contribution < -0.4 is 14.4 Å². The van der Waals surface area contributed by atoms with Crippen molar-refractivity contribution in [2.45, 2.75) is 51.7 Å². The second kappa shape index (κ2) is 8.30. The average Bonchev–Trinajstić information content (AvgIpc) is 2.77. The van der Waals surface area contributed by atoms with Crippen LogP contribution in [0, 0.1) is 0 Å². The number of carbonyl (C=O) groups excluding carboxylic acids is 1. The number of ether oxygens (including phenoxy) is 1. The van der Waals surface area contributed by atoms with Gasteiger partial charge >= 0.3 is 0 Å². The lowest BCUT2D eigenvalue weighted by atomic mass is 9.89. The Morgan fingerprint density at radius 3 is 2.67 bits per heavy atom. The number of nitrogens with one attached hydrogen (secondary N) is 1. The highest BCUT2D eigenvalue weighted by Crippen LogP contribution is 2.35. The van der Waals surface area contributed by atoms with Crippen molar-refractivity contribution in [3.8, 4) is 5.75 Å². The molecule has 0 aromatic heterocycles. The normalized spacial score (nSPS) is 19.3. The van der Waals surface area contributed by atoms with Crippen molar-refractivity contribution < 1.29 is 17.9 Å². The second-order valence-corrected chi connectivity index (χ2v) is 10.2. The van der Waals surface area contributed by atoms with E-state index in [4.69, 9.17) is 4.74 Å². The van der Waals surface area contributed by atoms with Gasteiger partial charge in [-0.1, -0.05) is 30.3 Å². The highest BCUT2D eigenvalue weighted by atomic mass is 32.2. The van der Waals surface area contributed by atoms with E-state index in [-0.39, 0.29) is 24.2 Å². The summed E-state index contributed by atoms with van der Waals surface area (Å²) in [6.45, 7) is 3.51. The van der Waals surface area contributed by atoms with Gasteiger partial charge in [-0.25, -0.2) is 8.42 Å². The van der Waals surface area contributed by atoms with E-state index in [2.05, 4.69) is 23.5 Å². The Kier molecular flexibility index (Phi) is 5.73. The molecule has 1 aliphatic carbocycles.